The summed E-state index contributed by atoms with van der Waals surface area (Å²) in [5.74, 6) is -2.52. The van der Waals surface area contributed by atoms with Crippen LogP contribution in [0.25, 0.3) is 0 Å². The van der Waals surface area contributed by atoms with E-state index < -0.39 is 41.3 Å². The van der Waals surface area contributed by atoms with Crippen LogP contribution in [0.2, 0.25) is 0 Å². The van der Waals surface area contributed by atoms with Gasteiger partial charge in [-0.2, -0.15) is 0 Å². The second kappa shape index (κ2) is 12.0. The van der Waals surface area contributed by atoms with E-state index >= 15 is 0 Å². The summed E-state index contributed by atoms with van der Waals surface area (Å²) in [5, 5.41) is 2.89. The molecule has 10 heteroatoms. The van der Waals surface area contributed by atoms with Crippen molar-refractivity contribution in [3.8, 4) is 5.75 Å². The molecule has 1 saturated carbocycles. The van der Waals surface area contributed by atoms with Crippen LogP contribution in [0.4, 0.5) is 8.78 Å². The zero-order valence-electron chi connectivity index (χ0n) is 22.1. The zero-order valence-corrected chi connectivity index (χ0v) is 22.1. The molecular weight excluding hydrogens is 500 g/mol. The van der Waals surface area contributed by atoms with Gasteiger partial charge in [0.2, 0.25) is 0 Å². The van der Waals surface area contributed by atoms with Crippen molar-refractivity contribution in [3.05, 3.63) is 65.2 Å². The summed E-state index contributed by atoms with van der Waals surface area (Å²) < 4.78 is 63.3. The van der Waals surface area contributed by atoms with Gasteiger partial charge in [0.05, 0.1) is 39.1 Å². The summed E-state index contributed by atoms with van der Waals surface area (Å²) in [6, 6.07) is 11.3. The Morgan fingerprint density at radius 1 is 1.08 bits per heavy atom. The van der Waals surface area contributed by atoms with Gasteiger partial charge < -0.3 is 33.7 Å². The van der Waals surface area contributed by atoms with Crippen molar-refractivity contribution in [3.63, 3.8) is 0 Å². The van der Waals surface area contributed by atoms with Crippen molar-refractivity contribution in [2.75, 3.05) is 27.4 Å². The molecule has 2 aromatic rings. The van der Waals surface area contributed by atoms with E-state index in [1.807, 2.05) is 24.3 Å². The molecule has 4 rings (SSSR count). The third-order valence-electron chi connectivity index (χ3n) is 6.79. The number of hydrogen-bond donors (Lipinski definition) is 1. The van der Waals surface area contributed by atoms with Gasteiger partial charge >= 0.3 is 0 Å². The highest BCUT2D eigenvalue weighted by Gasteiger charge is 2.58. The molecule has 2 aromatic carbocycles. The molecule has 0 aromatic heterocycles. The van der Waals surface area contributed by atoms with E-state index in [0.717, 1.165) is 11.6 Å². The molecule has 0 spiro atoms. The van der Waals surface area contributed by atoms with Crippen LogP contribution in [0, 0.1) is 11.6 Å². The molecule has 1 heterocycles. The number of nitrogens with one attached hydrogen (secondary N) is 1. The second-order valence-corrected chi connectivity index (χ2v) is 9.99. The first-order valence-electron chi connectivity index (χ1n) is 12.6. The minimum Gasteiger partial charge on any atom is -0.497 e. The number of methoxy groups -OCH3 is 2. The Morgan fingerprint density at radius 2 is 1.87 bits per heavy atom. The van der Waals surface area contributed by atoms with Gasteiger partial charge in [-0.1, -0.05) is 24.3 Å². The summed E-state index contributed by atoms with van der Waals surface area (Å²) >= 11 is 0. The monoisotopic (exact) mass is 535 g/mol. The fourth-order valence-electron chi connectivity index (χ4n) is 4.98. The lowest BCUT2D eigenvalue weighted by atomic mass is 9.78. The maximum atomic E-state index is 14.3. The van der Waals surface area contributed by atoms with Crippen molar-refractivity contribution in [1.29, 1.82) is 0 Å². The molecule has 1 unspecified atom stereocenters. The van der Waals surface area contributed by atoms with Crippen LogP contribution < -0.4 is 10.1 Å². The lowest BCUT2D eigenvalue weighted by molar-refractivity contribution is -0.183. The quantitative estimate of drug-likeness (QED) is 0.437. The summed E-state index contributed by atoms with van der Waals surface area (Å²) in [6.07, 6.45) is -1.41. The Hall–Kier alpha value is -2.63. The van der Waals surface area contributed by atoms with E-state index in [4.69, 9.17) is 28.4 Å². The average Bonchev–Trinajstić information content (AvgIpc) is 3.22. The van der Waals surface area contributed by atoms with Crippen molar-refractivity contribution in [2.45, 2.75) is 69.6 Å². The smallest absolute Gasteiger partial charge is 0.252 e. The highest BCUT2D eigenvalue weighted by Crippen LogP contribution is 2.44. The van der Waals surface area contributed by atoms with Crippen LogP contribution in [0.3, 0.4) is 0 Å². The summed E-state index contributed by atoms with van der Waals surface area (Å²) in [7, 11) is 3.13. The lowest BCUT2D eigenvalue weighted by Crippen LogP contribution is -2.60. The first-order valence-corrected chi connectivity index (χ1v) is 12.6. The predicted molar refractivity (Wildman–Crippen MR) is 133 cm³/mol. The van der Waals surface area contributed by atoms with Crippen LogP contribution in [0.15, 0.2) is 42.5 Å². The molecule has 0 radical (unpaired) electrons. The molecule has 2 fully saturated rings. The number of benzene rings is 2. The van der Waals surface area contributed by atoms with Crippen LogP contribution in [-0.4, -0.2) is 63.0 Å². The van der Waals surface area contributed by atoms with Gasteiger partial charge in [-0.3, -0.25) is 4.79 Å². The maximum Gasteiger partial charge on any atom is 0.252 e. The topological polar surface area (TPSA) is 84.5 Å². The summed E-state index contributed by atoms with van der Waals surface area (Å²) in [6.45, 7) is 4.10. The molecule has 2 aliphatic rings. The molecule has 8 nitrogen and oxygen atoms in total. The molecule has 1 aliphatic heterocycles. The minimum absolute atomic E-state index is 0.0674. The van der Waals surface area contributed by atoms with Gasteiger partial charge in [-0.25, -0.2) is 8.78 Å². The molecule has 208 valence electrons. The van der Waals surface area contributed by atoms with E-state index in [1.165, 1.54) is 12.1 Å². The average molecular weight is 536 g/mol. The van der Waals surface area contributed by atoms with Gasteiger partial charge in [0.15, 0.2) is 23.0 Å². The van der Waals surface area contributed by atoms with Crippen LogP contribution in [0.1, 0.15) is 37.8 Å². The largest absolute Gasteiger partial charge is 0.497 e. The number of amides is 1. The highest BCUT2D eigenvalue weighted by atomic mass is 19.2. The van der Waals surface area contributed by atoms with Crippen LogP contribution in [-0.2, 0) is 41.7 Å². The van der Waals surface area contributed by atoms with Crippen molar-refractivity contribution < 1.29 is 42.0 Å². The van der Waals surface area contributed by atoms with E-state index in [-0.39, 0.29) is 44.1 Å². The Bertz CT molecular complexity index is 1110. The molecule has 1 aliphatic carbocycles. The standard InChI is InChI=1S/C28H35F2NO7/c1-27(2)37-23-15-28(26(32)31-11-12-33-3,36-16-18-7-5-9-20(13-18)34-4)14-22(25(23)38-27)35-17-19-8-6-10-21(29)24(19)30/h5-10,13,22-23,25H,11-12,14-17H2,1-4H3,(H,31,32)/t22?,23-,25+,28-/m1/s1. The second-order valence-electron chi connectivity index (χ2n) is 9.99. The number of halogens is 2. The molecular formula is C28H35F2NO7. The first-order chi connectivity index (χ1) is 18.2. The molecule has 1 N–H and O–H groups in total. The van der Waals surface area contributed by atoms with Gasteiger partial charge in [-0.15, -0.1) is 0 Å². The fraction of sp³-hybridized carbons (Fsp3) is 0.536. The number of carbonyl (C=O) groups excluding carboxylic acids is 1. The van der Waals surface area contributed by atoms with E-state index in [2.05, 4.69) is 5.32 Å². The number of ether oxygens (including phenoxy) is 6. The predicted octanol–water partition coefficient (Wildman–Crippen LogP) is 3.89. The Kier molecular flexibility index (Phi) is 9.00. The Morgan fingerprint density at radius 3 is 2.63 bits per heavy atom. The first kappa shape index (κ1) is 28.4. The third-order valence-corrected chi connectivity index (χ3v) is 6.79. The van der Waals surface area contributed by atoms with E-state index in [0.29, 0.717) is 12.4 Å². The van der Waals surface area contributed by atoms with E-state index in [9.17, 15) is 13.6 Å². The van der Waals surface area contributed by atoms with Crippen LogP contribution in [0.5, 0.6) is 5.75 Å². The Labute approximate surface area is 221 Å². The van der Waals surface area contributed by atoms with Gasteiger partial charge in [0, 0.05) is 32.1 Å². The fourth-order valence-corrected chi connectivity index (χ4v) is 4.98. The Balaban J connectivity index is 1.61. The SMILES string of the molecule is COCCNC(=O)[C@@]1(OCc2cccc(OC)c2)CC(OCc2cccc(F)c2F)[C@@H]2OC(C)(C)O[C@@H]2C1. The molecule has 1 saturated heterocycles. The van der Waals surface area contributed by atoms with Gasteiger partial charge in [0.1, 0.15) is 11.9 Å². The summed E-state index contributed by atoms with van der Waals surface area (Å²) in [5.41, 5.74) is -0.455. The van der Waals surface area contributed by atoms with Gasteiger partial charge in [0.25, 0.3) is 5.91 Å². The highest BCUT2D eigenvalue weighted by molar-refractivity contribution is 5.85. The van der Waals surface area contributed by atoms with Crippen LogP contribution >= 0.6 is 0 Å². The normalized spacial score (nSPS) is 26.1. The molecule has 38 heavy (non-hydrogen) atoms. The number of fused-ring (bicyclic) bond motifs is 1. The zero-order chi connectivity index (χ0) is 27.3. The number of hydrogen-bond acceptors (Lipinski definition) is 7. The minimum atomic E-state index is -1.34. The lowest BCUT2D eigenvalue weighted by Gasteiger charge is -2.43. The third kappa shape index (κ3) is 6.50. The number of carbonyl (C=O) groups is 1. The number of rotatable bonds is 11. The molecule has 1 amide bonds. The van der Waals surface area contributed by atoms with Crippen molar-refractivity contribution in [1.82, 2.24) is 5.32 Å². The summed E-state index contributed by atoms with van der Waals surface area (Å²) in [4.78, 5) is 13.6. The molecule has 0 bridgehead atoms. The maximum absolute atomic E-state index is 14.3. The van der Waals surface area contributed by atoms with Crippen molar-refractivity contribution in [2.24, 2.45) is 0 Å². The van der Waals surface area contributed by atoms with Gasteiger partial charge in [-0.05, 0) is 37.6 Å². The van der Waals surface area contributed by atoms with E-state index in [1.54, 1.807) is 28.1 Å². The molecule has 4 atom stereocenters. The van der Waals surface area contributed by atoms with Crippen molar-refractivity contribution >= 4 is 5.91 Å².